The van der Waals surface area contributed by atoms with Gasteiger partial charge in [0.05, 0.1) is 24.6 Å². The van der Waals surface area contributed by atoms with Crippen molar-refractivity contribution in [1.82, 2.24) is 15.1 Å². The second kappa shape index (κ2) is 7.90. The molecule has 0 radical (unpaired) electrons. The Kier molecular flexibility index (Phi) is 5.40. The lowest BCUT2D eigenvalue weighted by Crippen LogP contribution is -2.32. The second-order valence-corrected chi connectivity index (χ2v) is 6.18. The molecule has 0 fully saturated rings. The fraction of sp³-hybridized carbons (Fsp3) is 0.250. The maximum absolute atomic E-state index is 12.5. The van der Waals surface area contributed by atoms with Crippen LogP contribution < -0.4 is 5.32 Å². The number of benzene rings is 1. The van der Waals surface area contributed by atoms with E-state index in [4.69, 9.17) is 4.42 Å². The van der Waals surface area contributed by atoms with Crippen LogP contribution in [-0.4, -0.2) is 35.3 Å². The minimum absolute atomic E-state index is 0.246. The monoisotopic (exact) mass is 367 g/mol. The molecule has 1 N–H and O–H groups in total. The first-order chi connectivity index (χ1) is 13.0. The Bertz CT molecular complexity index is 927. The van der Waals surface area contributed by atoms with Crippen molar-refractivity contribution < 1.29 is 18.7 Å². The molecule has 1 amide bonds. The number of aromatic nitrogens is 2. The predicted molar refractivity (Wildman–Crippen MR) is 98.7 cm³/mol. The molecule has 1 atom stereocenters. The number of amides is 1. The first-order valence-electron chi connectivity index (χ1n) is 8.52. The van der Waals surface area contributed by atoms with Crippen LogP contribution in [0.25, 0.3) is 0 Å². The van der Waals surface area contributed by atoms with Crippen LogP contribution in [0.4, 0.5) is 0 Å². The lowest BCUT2D eigenvalue weighted by atomic mass is 10.1. The highest BCUT2D eigenvalue weighted by atomic mass is 16.5. The molecule has 27 heavy (non-hydrogen) atoms. The van der Waals surface area contributed by atoms with Crippen molar-refractivity contribution in [2.75, 3.05) is 13.7 Å². The summed E-state index contributed by atoms with van der Waals surface area (Å²) in [6.45, 7) is 4.19. The third-order valence-corrected chi connectivity index (χ3v) is 4.24. The summed E-state index contributed by atoms with van der Waals surface area (Å²) in [5.41, 5.74) is 2.72. The average Bonchev–Trinajstić information content (AvgIpc) is 3.31. The van der Waals surface area contributed by atoms with E-state index >= 15 is 0 Å². The number of carbonyl (C=O) groups is 2. The van der Waals surface area contributed by atoms with E-state index in [2.05, 4.69) is 15.2 Å². The summed E-state index contributed by atoms with van der Waals surface area (Å²) in [6.07, 6.45) is 1.60. The van der Waals surface area contributed by atoms with Crippen LogP contribution in [0.5, 0.6) is 0 Å². The fourth-order valence-corrected chi connectivity index (χ4v) is 2.92. The van der Waals surface area contributed by atoms with Crippen LogP contribution in [0, 0.1) is 13.8 Å². The summed E-state index contributed by atoms with van der Waals surface area (Å²) < 4.78 is 12.0. The Morgan fingerprint density at radius 1 is 1.19 bits per heavy atom. The molecule has 2 heterocycles. The van der Waals surface area contributed by atoms with Crippen molar-refractivity contribution in [2.45, 2.75) is 19.9 Å². The number of nitrogens with zero attached hydrogens (tertiary/aromatic N) is 2. The number of hydrogen-bond donors (Lipinski definition) is 1. The van der Waals surface area contributed by atoms with Gasteiger partial charge in [-0.05, 0) is 56.3 Å². The average molecular weight is 367 g/mol. The van der Waals surface area contributed by atoms with Crippen molar-refractivity contribution in [3.8, 4) is 0 Å². The third-order valence-electron chi connectivity index (χ3n) is 4.24. The Morgan fingerprint density at radius 3 is 2.44 bits per heavy atom. The van der Waals surface area contributed by atoms with Gasteiger partial charge in [-0.2, -0.15) is 5.10 Å². The van der Waals surface area contributed by atoms with Crippen LogP contribution in [-0.2, 0) is 4.74 Å². The molecule has 0 spiro atoms. The number of furan rings is 1. The van der Waals surface area contributed by atoms with E-state index in [0.29, 0.717) is 23.4 Å². The minimum atomic E-state index is -0.440. The van der Waals surface area contributed by atoms with Gasteiger partial charge in [-0.1, -0.05) is 0 Å². The number of methoxy groups -OCH3 is 1. The molecule has 7 nitrogen and oxygen atoms in total. The molecule has 3 aromatic rings. The van der Waals surface area contributed by atoms with Crippen LogP contribution >= 0.6 is 0 Å². The van der Waals surface area contributed by atoms with Crippen molar-refractivity contribution in [3.63, 3.8) is 0 Å². The van der Waals surface area contributed by atoms with Gasteiger partial charge in [-0.3, -0.25) is 9.48 Å². The van der Waals surface area contributed by atoms with Crippen molar-refractivity contribution in [3.05, 3.63) is 77.0 Å². The van der Waals surface area contributed by atoms with Crippen LogP contribution in [0.3, 0.4) is 0 Å². The number of hydrogen-bond acceptors (Lipinski definition) is 5. The van der Waals surface area contributed by atoms with E-state index < -0.39 is 5.97 Å². The molecule has 140 valence electrons. The minimum Gasteiger partial charge on any atom is -0.467 e. The summed E-state index contributed by atoms with van der Waals surface area (Å²) in [4.78, 5) is 24.0. The molecule has 0 saturated carbocycles. The topological polar surface area (TPSA) is 86.4 Å². The number of aryl methyl sites for hydroxylation is 2. The van der Waals surface area contributed by atoms with Crippen LogP contribution in [0.1, 0.15) is 43.9 Å². The van der Waals surface area contributed by atoms with E-state index in [1.54, 1.807) is 36.6 Å². The van der Waals surface area contributed by atoms with E-state index in [9.17, 15) is 9.59 Å². The van der Waals surface area contributed by atoms with Gasteiger partial charge in [0, 0.05) is 17.8 Å². The zero-order chi connectivity index (χ0) is 19.4. The van der Waals surface area contributed by atoms with Gasteiger partial charge in [0.2, 0.25) is 0 Å². The van der Waals surface area contributed by atoms with E-state index in [-0.39, 0.29) is 11.9 Å². The molecule has 2 aromatic heterocycles. The zero-order valence-corrected chi connectivity index (χ0v) is 15.4. The SMILES string of the molecule is COC(=O)c1ccc(C(=O)NC[C@@H](c2ccco2)n2nc(C)cc2C)cc1. The first-order valence-corrected chi connectivity index (χ1v) is 8.52. The highest BCUT2D eigenvalue weighted by molar-refractivity contribution is 5.96. The summed E-state index contributed by atoms with van der Waals surface area (Å²) in [7, 11) is 1.32. The lowest BCUT2D eigenvalue weighted by molar-refractivity contribution is 0.0600. The summed E-state index contributed by atoms with van der Waals surface area (Å²) in [5.74, 6) is 0.0245. The number of rotatable bonds is 6. The predicted octanol–water partition coefficient (Wildman–Crippen LogP) is 2.90. The lowest BCUT2D eigenvalue weighted by Gasteiger charge is -2.18. The first kappa shape index (κ1) is 18.4. The molecule has 0 bridgehead atoms. The van der Waals surface area contributed by atoms with Crippen molar-refractivity contribution in [2.24, 2.45) is 0 Å². The van der Waals surface area contributed by atoms with E-state index in [0.717, 1.165) is 11.4 Å². The van der Waals surface area contributed by atoms with E-state index in [1.807, 2.05) is 30.7 Å². The second-order valence-electron chi connectivity index (χ2n) is 6.18. The highest BCUT2D eigenvalue weighted by Gasteiger charge is 2.21. The van der Waals surface area contributed by atoms with Gasteiger partial charge in [0.1, 0.15) is 11.8 Å². The number of carbonyl (C=O) groups excluding carboxylic acids is 2. The smallest absolute Gasteiger partial charge is 0.337 e. The van der Waals surface area contributed by atoms with Gasteiger partial charge in [-0.15, -0.1) is 0 Å². The number of esters is 1. The molecule has 0 aliphatic heterocycles. The molecule has 0 aliphatic rings. The molecule has 1 aromatic carbocycles. The molecule has 0 saturated heterocycles. The molecule has 0 unspecified atom stereocenters. The number of nitrogens with one attached hydrogen (secondary N) is 1. The summed E-state index contributed by atoms with van der Waals surface area (Å²) in [6, 6.07) is 11.7. The Morgan fingerprint density at radius 2 is 1.89 bits per heavy atom. The quantitative estimate of drug-likeness (QED) is 0.677. The zero-order valence-electron chi connectivity index (χ0n) is 15.4. The normalized spacial score (nSPS) is 11.8. The van der Waals surface area contributed by atoms with Gasteiger partial charge in [0.25, 0.3) is 5.91 Å². The maximum atomic E-state index is 12.5. The van der Waals surface area contributed by atoms with Gasteiger partial charge < -0.3 is 14.5 Å². The molecular weight excluding hydrogens is 346 g/mol. The van der Waals surface area contributed by atoms with Gasteiger partial charge in [0.15, 0.2) is 0 Å². The fourth-order valence-electron chi connectivity index (χ4n) is 2.92. The molecule has 7 heteroatoms. The van der Waals surface area contributed by atoms with Gasteiger partial charge in [-0.25, -0.2) is 4.79 Å². The Balaban J connectivity index is 1.74. The highest BCUT2D eigenvalue weighted by Crippen LogP contribution is 2.20. The van der Waals surface area contributed by atoms with Gasteiger partial charge >= 0.3 is 5.97 Å². The van der Waals surface area contributed by atoms with E-state index in [1.165, 1.54) is 7.11 Å². The van der Waals surface area contributed by atoms with Crippen LogP contribution in [0.15, 0.2) is 53.1 Å². The Hall–Kier alpha value is -3.35. The van der Waals surface area contributed by atoms with Crippen molar-refractivity contribution >= 4 is 11.9 Å². The van der Waals surface area contributed by atoms with Crippen molar-refractivity contribution in [1.29, 1.82) is 0 Å². The maximum Gasteiger partial charge on any atom is 0.337 e. The van der Waals surface area contributed by atoms with Crippen LogP contribution in [0.2, 0.25) is 0 Å². The number of ether oxygens (including phenoxy) is 1. The molecule has 3 rings (SSSR count). The Labute approximate surface area is 156 Å². The summed E-state index contributed by atoms with van der Waals surface area (Å²) >= 11 is 0. The standard InChI is InChI=1S/C20H21N3O4/c1-13-11-14(2)23(22-13)17(18-5-4-10-27-18)12-21-19(24)15-6-8-16(9-7-15)20(25)26-3/h4-11,17H,12H2,1-3H3,(H,21,24)/t17-/m0/s1. The molecular formula is C20H21N3O4. The molecule has 0 aliphatic carbocycles. The summed E-state index contributed by atoms with van der Waals surface area (Å²) in [5, 5.41) is 7.42. The largest absolute Gasteiger partial charge is 0.467 e. The third kappa shape index (κ3) is 4.08.